The summed E-state index contributed by atoms with van der Waals surface area (Å²) in [6.07, 6.45) is 1.66. The van der Waals surface area contributed by atoms with Crippen LogP contribution in [0.3, 0.4) is 0 Å². The van der Waals surface area contributed by atoms with Gasteiger partial charge in [-0.2, -0.15) is 0 Å². The van der Waals surface area contributed by atoms with Crippen LogP contribution in [0.25, 0.3) is 6.08 Å². The highest BCUT2D eigenvalue weighted by atomic mass is 32.2. The number of thiocarbonyl (C=S) groups is 1. The van der Waals surface area contributed by atoms with Crippen molar-refractivity contribution in [3.8, 4) is 17.2 Å². The van der Waals surface area contributed by atoms with E-state index in [-0.39, 0.29) is 5.91 Å². The van der Waals surface area contributed by atoms with Crippen molar-refractivity contribution in [2.45, 2.75) is 13.0 Å². The van der Waals surface area contributed by atoms with Crippen LogP contribution in [0.2, 0.25) is 0 Å². The fourth-order valence-corrected chi connectivity index (χ4v) is 3.84. The molecule has 1 heterocycles. The molecule has 0 bridgehead atoms. The first kappa shape index (κ1) is 20.1. The second-order valence-electron chi connectivity index (χ2n) is 5.21. The first-order valence-corrected chi connectivity index (χ1v) is 8.75. The van der Waals surface area contributed by atoms with Crippen LogP contribution in [0.1, 0.15) is 12.5 Å². The fourth-order valence-electron chi connectivity index (χ4n) is 2.43. The first-order chi connectivity index (χ1) is 12.4. The summed E-state index contributed by atoms with van der Waals surface area (Å²) in [5.74, 6) is 0.508. The number of hydrogen-bond donors (Lipinski definition) is 0. The van der Waals surface area contributed by atoms with E-state index in [1.54, 1.807) is 25.1 Å². The van der Waals surface area contributed by atoms with Gasteiger partial charge in [-0.25, -0.2) is 4.79 Å². The highest BCUT2D eigenvalue weighted by molar-refractivity contribution is 8.26. The van der Waals surface area contributed by atoms with Crippen molar-refractivity contribution < 1.29 is 28.5 Å². The van der Waals surface area contributed by atoms with Crippen molar-refractivity contribution in [3.63, 3.8) is 0 Å². The summed E-state index contributed by atoms with van der Waals surface area (Å²) in [6.45, 7) is 1.57. The summed E-state index contributed by atoms with van der Waals surface area (Å²) in [7, 11) is 5.80. The molecule has 0 radical (unpaired) electrons. The molecule has 1 aromatic carbocycles. The normalized spacial score (nSPS) is 16.7. The van der Waals surface area contributed by atoms with Gasteiger partial charge in [0.15, 0.2) is 11.5 Å². The van der Waals surface area contributed by atoms with Crippen LogP contribution < -0.4 is 14.2 Å². The van der Waals surface area contributed by atoms with Gasteiger partial charge in [-0.15, -0.1) is 0 Å². The fraction of sp³-hybridized carbons (Fsp3) is 0.353. The number of ether oxygens (including phenoxy) is 4. The van der Waals surface area contributed by atoms with Crippen LogP contribution in [0.4, 0.5) is 0 Å². The highest BCUT2D eigenvalue weighted by Gasteiger charge is 2.38. The number of nitrogens with zero attached hydrogens (tertiary/aromatic N) is 1. The minimum absolute atomic E-state index is 0.298. The standard InChI is InChI=1S/C17H19NO6S2/c1-9(16(20)24-5)18-15(19)13(26-17(18)25)8-10-6-11(21-2)14(23-4)12(7-10)22-3/h6-9H,1-5H3. The lowest BCUT2D eigenvalue weighted by Gasteiger charge is -2.20. The third-order valence-corrected chi connectivity index (χ3v) is 5.07. The number of amides is 1. The summed E-state index contributed by atoms with van der Waals surface area (Å²) in [6, 6.07) is 2.65. The molecule has 1 amide bonds. The van der Waals surface area contributed by atoms with E-state index in [2.05, 4.69) is 0 Å². The van der Waals surface area contributed by atoms with Crippen LogP contribution in [-0.4, -0.2) is 55.6 Å². The Labute approximate surface area is 161 Å². The number of rotatable bonds is 6. The van der Waals surface area contributed by atoms with Crippen molar-refractivity contribution >= 4 is 46.3 Å². The molecule has 1 saturated heterocycles. The molecule has 1 atom stereocenters. The van der Waals surface area contributed by atoms with Crippen molar-refractivity contribution in [2.24, 2.45) is 0 Å². The van der Waals surface area contributed by atoms with Crippen LogP contribution in [0.15, 0.2) is 17.0 Å². The van der Waals surface area contributed by atoms with Crippen molar-refractivity contribution in [2.75, 3.05) is 28.4 Å². The van der Waals surface area contributed by atoms with Gasteiger partial charge in [0.2, 0.25) is 5.75 Å². The Morgan fingerprint density at radius 1 is 1.15 bits per heavy atom. The van der Waals surface area contributed by atoms with Gasteiger partial charge in [-0.1, -0.05) is 24.0 Å². The molecule has 2 rings (SSSR count). The van der Waals surface area contributed by atoms with Gasteiger partial charge in [0.25, 0.3) is 5.91 Å². The van der Waals surface area contributed by atoms with Crippen molar-refractivity contribution in [1.82, 2.24) is 4.90 Å². The van der Waals surface area contributed by atoms with E-state index in [0.29, 0.717) is 32.0 Å². The van der Waals surface area contributed by atoms with Gasteiger partial charge >= 0.3 is 5.97 Å². The maximum Gasteiger partial charge on any atom is 0.328 e. The van der Waals surface area contributed by atoms with E-state index in [0.717, 1.165) is 11.8 Å². The molecule has 1 unspecified atom stereocenters. The summed E-state index contributed by atoms with van der Waals surface area (Å²) < 4.78 is 20.9. The molecule has 0 spiro atoms. The van der Waals surface area contributed by atoms with E-state index in [9.17, 15) is 9.59 Å². The molecule has 7 nitrogen and oxygen atoms in total. The maximum absolute atomic E-state index is 12.7. The third kappa shape index (κ3) is 3.78. The predicted molar refractivity (Wildman–Crippen MR) is 103 cm³/mol. The lowest BCUT2D eigenvalue weighted by Crippen LogP contribution is -2.42. The Hall–Kier alpha value is -2.26. The zero-order valence-corrected chi connectivity index (χ0v) is 16.7. The average Bonchev–Trinajstić information content (AvgIpc) is 2.92. The van der Waals surface area contributed by atoms with Gasteiger partial charge in [0.1, 0.15) is 10.4 Å². The van der Waals surface area contributed by atoms with E-state index >= 15 is 0 Å². The zero-order chi connectivity index (χ0) is 19.4. The van der Waals surface area contributed by atoms with Crippen molar-refractivity contribution in [3.05, 3.63) is 22.6 Å². The Morgan fingerprint density at radius 2 is 1.73 bits per heavy atom. The number of carbonyl (C=O) groups is 2. The molecule has 0 aromatic heterocycles. The van der Waals surface area contributed by atoms with E-state index in [4.69, 9.17) is 31.2 Å². The molecule has 1 fully saturated rings. The first-order valence-electron chi connectivity index (χ1n) is 7.52. The topological polar surface area (TPSA) is 74.3 Å². The lowest BCUT2D eigenvalue weighted by atomic mass is 10.1. The molecule has 1 aromatic rings. The predicted octanol–water partition coefficient (Wildman–Crippen LogP) is 2.48. The van der Waals surface area contributed by atoms with Crippen molar-refractivity contribution in [1.29, 1.82) is 0 Å². The number of esters is 1. The molecular formula is C17H19NO6S2. The highest BCUT2D eigenvalue weighted by Crippen LogP contribution is 2.40. The maximum atomic E-state index is 12.7. The molecule has 26 heavy (non-hydrogen) atoms. The minimum Gasteiger partial charge on any atom is -0.493 e. The second-order valence-corrected chi connectivity index (χ2v) is 6.89. The van der Waals surface area contributed by atoms with Gasteiger partial charge in [0, 0.05) is 0 Å². The Kier molecular flexibility index (Phi) is 6.49. The summed E-state index contributed by atoms with van der Waals surface area (Å²) in [4.78, 5) is 26.0. The summed E-state index contributed by atoms with van der Waals surface area (Å²) in [5, 5.41) is 0. The monoisotopic (exact) mass is 397 g/mol. The Morgan fingerprint density at radius 3 is 2.19 bits per heavy atom. The minimum atomic E-state index is -0.793. The van der Waals surface area contributed by atoms with Crippen LogP contribution in [-0.2, 0) is 14.3 Å². The second kappa shape index (κ2) is 8.41. The number of thioether (sulfide) groups is 1. The van der Waals surface area contributed by atoms with Gasteiger partial charge < -0.3 is 18.9 Å². The molecule has 1 aliphatic heterocycles. The molecule has 0 saturated carbocycles. The van der Waals surface area contributed by atoms with E-state index in [1.807, 2.05) is 0 Å². The third-order valence-electron chi connectivity index (χ3n) is 3.74. The average molecular weight is 397 g/mol. The largest absolute Gasteiger partial charge is 0.493 e. The van der Waals surface area contributed by atoms with Crippen LogP contribution in [0.5, 0.6) is 17.2 Å². The molecule has 0 N–H and O–H groups in total. The Bertz CT molecular complexity index is 752. The van der Waals surface area contributed by atoms with Crippen LogP contribution >= 0.6 is 24.0 Å². The van der Waals surface area contributed by atoms with Gasteiger partial charge in [0.05, 0.1) is 33.3 Å². The number of hydrogen-bond acceptors (Lipinski definition) is 8. The Balaban J connectivity index is 2.40. The molecule has 0 aliphatic carbocycles. The number of carbonyl (C=O) groups excluding carboxylic acids is 2. The number of benzene rings is 1. The smallest absolute Gasteiger partial charge is 0.328 e. The molecule has 140 valence electrons. The molecule has 1 aliphatic rings. The SMILES string of the molecule is COC(=O)C(C)N1C(=O)C(=Cc2cc(OC)c(OC)c(OC)c2)SC1=S. The van der Waals surface area contributed by atoms with Gasteiger partial charge in [-0.3, -0.25) is 9.69 Å². The van der Waals surface area contributed by atoms with E-state index < -0.39 is 12.0 Å². The lowest BCUT2D eigenvalue weighted by molar-refractivity contribution is -0.147. The quantitative estimate of drug-likeness (QED) is 0.412. The van der Waals surface area contributed by atoms with Gasteiger partial charge in [-0.05, 0) is 30.7 Å². The summed E-state index contributed by atoms with van der Waals surface area (Å²) in [5.41, 5.74) is 0.672. The summed E-state index contributed by atoms with van der Waals surface area (Å²) >= 11 is 6.36. The van der Waals surface area contributed by atoms with Crippen LogP contribution in [0, 0.1) is 0 Å². The molecular weight excluding hydrogens is 378 g/mol. The number of methoxy groups -OCH3 is 4. The molecule has 9 heteroatoms. The zero-order valence-electron chi connectivity index (χ0n) is 15.0. The van der Waals surface area contributed by atoms with E-state index in [1.165, 1.54) is 33.3 Å².